The molecular formula is C17H19FO3. The summed E-state index contributed by atoms with van der Waals surface area (Å²) >= 11 is 0. The molecule has 1 atom stereocenters. The summed E-state index contributed by atoms with van der Waals surface area (Å²) in [5, 5.41) is 0. The molecule has 1 aliphatic carbocycles. The molecule has 21 heavy (non-hydrogen) atoms. The van der Waals surface area contributed by atoms with Gasteiger partial charge in [0.15, 0.2) is 11.5 Å². The first kappa shape index (κ1) is 15.6. The SMILES string of the molecule is COC1(OC)C=CC(C(=O)C(C)(F)c2ccccc2)=CC1. The monoisotopic (exact) mass is 290 g/mol. The number of ether oxygens (including phenoxy) is 2. The first-order valence-corrected chi connectivity index (χ1v) is 6.74. The second-order valence-electron chi connectivity index (χ2n) is 5.12. The predicted molar refractivity (Wildman–Crippen MR) is 78.5 cm³/mol. The summed E-state index contributed by atoms with van der Waals surface area (Å²) in [6.07, 6.45) is 5.21. The Balaban J connectivity index is 2.23. The molecule has 3 nitrogen and oxygen atoms in total. The van der Waals surface area contributed by atoms with E-state index in [9.17, 15) is 9.18 Å². The lowest BCUT2D eigenvalue weighted by atomic mass is 9.86. The molecule has 112 valence electrons. The highest BCUT2D eigenvalue weighted by Crippen LogP contribution is 2.33. The van der Waals surface area contributed by atoms with Crippen LogP contribution in [0.2, 0.25) is 0 Å². The average molecular weight is 290 g/mol. The lowest BCUT2D eigenvalue weighted by molar-refractivity contribution is -0.168. The van der Waals surface area contributed by atoms with Crippen molar-refractivity contribution >= 4 is 5.78 Å². The second-order valence-corrected chi connectivity index (χ2v) is 5.12. The Morgan fingerprint density at radius 1 is 1.24 bits per heavy atom. The van der Waals surface area contributed by atoms with Gasteiger partial charge in [0.2, 0.25) is 5.78 Å². The van der Waals surface area contributed by atoms with E-state index in [4.69, 9.17) is 9.47 Å². The van der Waals surface area contributed by atoms with E-state index in [1.807, 2.05) is 0 Å². The van der Waals surface area contributed by atoms with Crippen molar-refractivity contribution in [3.63, 3.8) is 0 Å². The van der Waals surface area contributed by atoms with E-state index in [0.717, 1.165) is 0 Å². The van der Waals surface area contributed by atoms with Crippen LogP contribution in [0, 0.1) is 0 Å². The molecule has 0 heterocycles. The molecule has 0 saturated carbocycles. The van der Waals surface area contributed by atoms with Crippen molar-refractivity contribution < 1.29 is 18.7 Å². The van der Waals surface area contributed by atoms with Gasteiger partial charge < -0.3 is 9.47 Å². The lowest BCUT2D eigenvalue weighted by Gasteiger charge is -2.30. The van der Waals surface area contributed by atoms with Crippen LogP contribution in [0.25, 0.3) is 0 Å². The smallest absolute Gasteiger partial charge is 0.203 e. The Kier molecular flexibility index (Phi) is 4.40. The van der Waals surface area contributed by atoms with Gasteiger partial charge in [0.1, 0.15) is 0 Å². The topological polar surface area (TPSA) is 35.5 Å². The van der Waals surface area contributed by atoms with Crippen molar-refractivity contribution in [2.45, 2.75) is 24.8 Å². The fraction of sp³-hybridized carbons (Fsp3) is 0.353. The quantitative estimate of drug-likeness (QED) is 0.780. The molecule has 0 spiro atoms. The molecule has 0 aliphatic heterocycles. The standard InChI is InChI=1S/C17H19FO3/c1-16(18,14-7-5-4-6-8-14)15(19)13-9-11-17(20-2,21-3)12-10-13/h4-11H,12H2,1-3H3. The summed E-state index contributed by atoms with van der Waals surface area (Å²) in [6, 6.07) is 8.44. The third-order valence-corrected chi connectivity index (χ3v) is 3.82. The van der Waals surface area contributed by atoms with Crippen LogP contribution in [0.3, 0.4) is 0 Å². The number of ketones is 1. The van der Waals surface area contributed by atoms with E-state index in [1.54, 1.807) is 48.6 Å². The molecule has 1 aromatic rings. The minimum absolute atomic E-state index is 0.327. The van der Waals surface area contributed by atoms with E-state index in [2.05, 4.69) is 0 Å². The van der Waals surface area contributed by atoms with Gasteiger partial charge in [-0.3, -0.25) is 4.79 Å². The zero-order valence-electron chi connectivity index (χ0n) is 12.4. The Morgan fingerprint density at radius 3 is 2.33 bits per heavy atom. The molecule has 0 aromatic heterocycles. The van der Waals surface area contributed by atoms with Crippen LogP contribution in [0.15, 0.2) is 54.1 Å². The van der Waals surface area contributed by atoms with Gasteiger partial charge in [-0.25, -0.2) is 4.39 Å². The first-order valence-electron chi connectivity index (χ1n) is 6.74. The lowest BCUT2D eigenvalue weighted by Crippen LogP contribution is -2.34. The normalized spacial score (nSPS) is 19.7. The maximum Gasteiger partial charge on any atom is 0.203 e. The number of carbonyl (C=O) groups is 1. The van der Waals surface area contributed by atoms with E-state index in [-0.39, 0.29) is 0 Å². The highest BCUT2D eigenvalue weighted by Gasteiger charge is 2.38. The Hall–Kier alpha value is -1.78. The minimum atomic E-state index is -2.06. The number of hydrogen-bond donors (Lipinski definition) is 0. The first-order chi connectivity index (χ1) is 9.95. The van der Waals surface area contributed by atoms with Crippen LogP contribution in [0.1, 0.15) is 18.9 Å². The summed E-state index contributed by atoms with van der Waals surface area (Å²) in [5.41, 5.74) is -1.38. The molecule has 0 amide bonds. The molecular weight excluding hydrogens is 271 g/mol. The maximum atomic E-state index is 14.9. The number of carbonyl (C=O) groups excluding carboxylic acids is 1. The molecule has 0 fully saturated rings. The Morgan fingerprint density at radius 2 is 1.86 bits per heavy atom. The summed E-state index contributed by atoms with van der Waals surface area (Å²) in [5.74, 6) is -1.44. The van der Waals surface area contributed by atoms with Gasteiger partial charge in [-0.15, -0.1) is 0 Å². The summed E-state index contributed by atoms with van der Waals surface area (Å²) in [7, 11) is 3.05. The highest BCUT2D eigenvalue weighted by molar-refractivity contribution is 6.04. The molecule has 0 saturated heterocycles. The van der Waals surface area contributed by atoms with Gasteiger partial charge in [0, 0.05) is 26.2 Å². The largest absolute Gasteiger partial charge is 0.349 e. The summed E-state index contributed by atoms with van der Waals surface area (Å²) in [4.78, 5) is 12.4. The van der Waals surface area contributed by atoms with Crippen LogP contribution < -0.4 is 0 Å². The third kappa shape index (κ3) is 2.96. The van der Waals surface area contributed by atoms with Gasteiger partial charge >= 0.3 is 0 Å². The fourth-order valence-electron chi connectivity index (χ4n) is 2.31. The fourth-order valence-corrected chi connectivity index (χ4v) is 2.31. The minimum Gasteiger partial charge on any atom is -0.349 e. The maximum absolute atomic E-state index is 14.9. The number of allylic oxidation sites excluding steroid dienone is 2. The van der Waals surface area contributed by atoms with E-state index in [0.29, 0.717) is 17.6 Å². The number of Topliss-reactive ketones (excluding diaryl/α,β-unsaturated/α-hetero) is 1. The average Bonchev–Trinajstić information content (AvgIpc) is 2.55. The summed E-state index contributed by atoms with van der Waals surface area (Å²) in [6.45, 7) is 1.29. The van der Waals surface area contributed by atoms with Gasteiger partial charge in [0.25, 0.3) is 0 Å². The van der Waals surface area contributed by atoms with E-state index >= 15 is 0 Å². The zero-order chi connectivity index (χ0) is 15.5. The number of alkyl halides is 1. The zero-order valence-corrected chi connectivity index (χ0v) is 12.4. The second kappa shape index (κ2) is 5.92. The highest BCUT2D eigenvalue weighted by atomic mass is 19.1. The number of halogens is 1. The van der Waals surface area contributed by atoms with Crippen molar-refractivity contribution in [3.8, 4) is 0 Å². The van der Waals surface area contributed by atoms with Gasteiger partial charge in [0.05, 0.1) is 0 Å². The molecule has 4 heteroatoms. The molecule has 1 aromatic carbocycles. The molecule has 0 bridgehead atoms. The Labute approximate surface area is 124 Å². The van der Waals surface area contributed by atoms with Crippen LogP contribution in [0.5, 0.6) is 0 Å². The summed E-state index contributed by atoms with van der Waals surface area (Å²) < 4.78 is 25.4. The van der Waals surface area contributed by atoms with Crippen LogP contribution >= 0.6 is 0 Å². The molecule has 0 N–H and O–H groups in total. The Bertz CT molecular complexity index is 569. The van der Waals surface area contributed by atoms with Gasteiger partial charge in [-0.2, -0.15) is 0 Å². The predicted octanol–water partition coefficient (Wildman–Crippen LogP) is 3.32. The van der Waals surface area contributed by atoms with Crippen LogP contribution in [0.4, 0.5) is 4.39 Å². The molecule has 1 aliphatic rings. The number of benzene rings is 1. The molecule has 2 rings (SSSR count). The van der Waals surface area contributed by atoms with Crippen LogP contribution in [-0.2, 0) is 19.9 Å². The van der Waals surface area contributed by atoms with Gasteiger partial charge in [-0.05, 0) is 18.6 Å². The van der Waals surface area contributed by atoms with Crippen molar-refractivity contribution in [2.24, 2.45) is 0 Å². The van der Waals surface area contributed by atoms with E-state index in [1.165, 1.54) is 21.1 Å². The molecule has 1 unspecified atom stereocenters. The van der Waals surface area contributed by atoms with Crippen molar-refractivity contribution in [3.05, 3.63) is 59.7 Å². The van der Waals surface area contributed by atoms with E-state index < -0.39 is 17.2 Å². The van der Waals surface area contributed by atoms with Crippen molar-refractivity contribution in [1.29, 1.82) is 0 Å². The molecule has 0 radical (unpaired) electrons. The van der Waals surface area contributed by atoms with Crippen molar-refractivity contribution in [1.82, 2.24) is 0 Å². The number of rotatable bonds is 5. The van der Waals surface area contributed by atoms with Gasteiger partial charge in [-0.1, -0.05) is 42.5 Å². The number of hydrogen-bond acceptors (Lipinski definition) is 3. The third-order valence-electron chi connectivity index (χ3n) is 3.82. The van der Waals surface area contributed by atoms with Crippen LogP contribution in [-0.4, -0.2) is 25.8 Å². The van der Waals surface area contributed by atoms with Crippen molar-refractivity contribution in [2.75, 3.05) is 14.2 Å². The number of methoxy groups -OCH3 is 2.